The molecule has 0 saturated carbocycles. The zero-order valence-electron chi connectivity index (χ0n) is 14.7. The predicted molar refractivity (Wildman–Crippen MR) is 103 cm³/mol. The first-order valence-corrected chi connectivity index (χ1v) is 8.87. The van der Waals surface area contributed by atoms with E-state index in [0.29, 0.717) is 31.7 Å². The predicted octanol–water partition coefficient (Wildman–Crippen LogP) is 3.16. The fourth-order valence-corrected chi connectivity index (χ4v) is 3.20. The average Bonchev–Trinajstić information content (AvgIpc) is 3.14. The maximum atomic E-state index is 12.4. The number of carbonyl (C=O) groups is 2. The van der Waals surface area contributed by atoms with E-state index in [-0.39, 0.29) is 12.0 Å². The van der Waals surface area contributed by atoms with Crippen molar-refractivity contribution >= 4 is 28.6 Å². The number of para-hydroxylation sites is 1. The Morgan fingerprint density at radius 1 is 1.11 bits per heavy atom. The van der Waals surface area contributed by atoms with Crippen molar-refractivity contribution < 1.29 is 14.3 Å². The Bertz CT molecular complexity index is 980. The number of anilines is 1. The number of aromatic nitrogens is 1. The minimum absolute atomic E-state index is 0.140. The number of nitrogens with zero attached hydrogens (tertiary/aromatic N) is 2. The number of pyridine rings is 1. The molecule has 0 unspecified atom stereocenters. The van der Waals surface area contributed by atoms with Gasteiger partial charge in [0.05, 0.1) is 12.1 Å². The third-order valence-electron chi connectivity index (χ3n) is 4.60. The normalized spacial score (nSPS) is 13.6. The van der Waals surface area contributed by atoms with Gasteiger partial charge in [-0.2, -0.15) is 0 Å². The summed E-state index contributed by atoms with van der Waals surface area (Å²) in [5, 5.41) is 4.03. The fourth-order valence-electron chi connectivity index (χ4n) is 3.20. The van der Waals surface area contributed by atoms with Gasteiger partial charge in [-0.05, 0) is 42.3 Å². The molecule has 0 radical (unpaired) electrons. The van der Waals surface area contributed by atoms with E-state index in [2.05, 4.69) is 10.3 Å². The molecule has 3 aromatic rings. The number of benzene rings is 2. The lowest BCUT2D eigenvalue weighted by molar-refractivity contribution is 0.0954. The van der Waals surface area contributed by atoms with Crippen molar-refractivity contribution in [1.82, 2.24) is 10.3 Å². The van der Waals surface area contributed by atoms with Gasteiger partial charge in [-0.3, -0.25) is 14.7 Å². The van der Waals surface area contributed by atoms with Gasteiger partial charge in [0, 0.05) is 29.4 Å². The van der Waals surface area contributed by atoms with Crippen LogP contribution in [0.25, 0.3) is 10.9 Å². The van der Waals surface area contributed by atoms with Crippen LogP contribution in [0, 0.1) is 0 Å². The summed E-state index contributed by atoms with van der Waals surface area (Å²) < 4.78 is 4.93. The van der Waals surface area contributed by atoms with Crippen LogP contribution in [0.3, 0.4) is 0 Å². The summed E-state index contributed by atoms with van der Waals surface area (Å²) in [5.41, 5.74) is 3.37. The van der Waals surface area contributed by atoms with E-state index in [0.717, 1.165) is 22.2 Å². The number of carbonyl (C=O) groups excluding carboxylic acids is 2. The second-order valence-electron chi connectivity index (χ2n) is 6.31. The fraction of sp³-hybridized carbons (Fsp3) is 0.190. The summed E-state index contributed by atoms with van der Waals surface area (Å²) in [5.74, 6) is -0.140. The first-order chi connectivity index (χ1) is 13.2. The Morgan fingerprint density at radius 3 is 2.70 bits per heavy atom. The van der Waals surface area contributed by atoms with Gasteiger partial charge in [-0.15, -0.1) is 0 Å². The van der Waals surface area contributed by atoms with Gasteiger partial charge in [-0.1, -0.05) is 24.3 Å². The SMILES string of the molecule is O=C(NCCc1cccc2cccnc12)c1ccc(N2CCOC2=O)cc1. The quantitative estimate of drug-likeness (QED) is 0.758. The highest BCUT2D eigenvalue weighted by atomic mass is 16.6. The van der Waals surface area contributed by atoms with Crippen LogP contribution in [0.15, 0.2) is 60.8 Å². The molecule has 6 heteroatoms. The van der Waals surface area contributed by atoms with E-state index in [4.69, 9.17) is 4.74 Å². The van der Waals surface area contributed by atoms with Gasteiger partial charge in [0.15, 0.2) is 0 Å². The summed E-state index contributed by atoms with van der Waals surface area (Å²) in [6, 6.07) is 17.0. The van der Waals surface area contributed by atoms with E-state index < -0.39 is 0 Å². The molecular weight excluding hydrogens is 342 g/mol. The molecule has 1 N–H and O–H groups in total. The summed E-state index contributed by atoms with van der Waals surface area (Å²) in [6.07, 6.45) is 2.14. The van der Waals surface area contributed by atoms with Crippen molar-refractivity contribution in [1.29, 1.82) is 0 Å². The number of cyclic esters (lactones) is 1. The third kappa shape index (κ3) is 3.60. The lowest BCUT2D eigenvalue weighted by Gasteiger charge is -2.13. The topological polar surface area (TPSA) is 71.5 Å². The highest BCUT2D eigenvalue weighted by Gasteiger charge is 2.23. The first-order valence-electron chi connectivity index (χ1n) is 8.87. The Morgan fingerprint density at radius 2 is 1.93 bits per heavy atom. The first kappa shape index (κ1) is 17.0. The smallest absolute Gasteiger partial charge is 0.414 e. The molecular formula is C21H19N3O3. The van der Waals surface area contributed by atoms with Gasteiger partial charge < -0.3 is 10.1 Å². The number of ether oxygens (including phenoxy) is 1. The van der Waals surface area contributed by atoms with Crippen LogP contribution in [0.1, 0.15) is 15.9 Å². The molecule has 1 aliphatic heterocycles. The minimum atomic E-state index is -0.351. The van der Waals surface area contributed by atoms with Crippen LogP contribution in [-0.2, 0) is 11.2 Å². The van der Waals surface area contributed by atoms with Gasteiger partial charge in [0.25, 0.3) is 5.91 Å². The molecule has 2 amide bonds. The summed E-state index contributed by atoms with van der Waals surface area (Å²) >= 11 is 0. The molecule has 1 saturated heterocycles. The zero-order valence-corrected chi connectivity index (χ0v) is 14.7. The van der Waals surface area contributed by atoms with E-state index in [9.17, 15) is 9.59 Å². The summed E-state index contributed by atoms with van der Waals surface area (Å²) in [6.45, 7) is 1.45. The second-order valence-corrected chi connectivity index (χ2v) is 6.31. The van der Waals surface area contributed by atoms with E-state index in [1.165, 1.54) is 0 Å². The van der Waals surface area contributed by atoms with Gasteiger partial charge in [0.1, 0.15) is 6.61 Å². The molecule has 0 aliphatic carbocycles. The van der Waals surface area contributed by atoms with Crippen molar-refractivity contribution in [2.24, 2.45) is 0 Å². The van der Waals surface area contributed by atoms with Crippen LogP contribution < -0.4 is 10.2 Å². The van der Waals surface area contributed by atoms with Crippen LogP contribution in [0.5, 0.6) is 0 Å². The molecule has 0 bridgehead atoms. The van der Waals surface area contributed by atoms with Crippen LogP contribution >= 0.6 is 0 Å². The minimum Gasteiger partial charge on any atom is -0.447 e. The standard InChI is InChI=1S/C21H19N3O3/c25-20(17-6-8-18(9-7-17)24-13-14-27-21(24)26)23-12-10-16-4-1-3-15-5-2-11-22-19(15)16/h1-9,11H,10,12-14H2,(H,23,25). The molecule has 2 aromatic carbocycles. The van der Waals surface area contributed by atoms with Crippen molar-refractivity contribution in [2.75, 3.05) is 24.6 Å². The molecule has 136 valence electrons. The molecule has 1 fully saturated rings. The van der Waals surface area contributed by atoms with Crippen molar-refractivity contribution in [3.05, 3.63) is 71.9 Å². The number of amides is 2. The van der Waals surface area contributed by atoms with E-state index in [1.54, 1.807) is 35.4 Å². The van der Waals surface area contributed by atoms with Crippen molar-refractivity contribution in [2.45, 2.75) is 6.42 Å². The third-order valence-corrected chi connectivity index (χ3v) is 4.60. The molecule has 27 heavy (non-hydrogen) atoms. The van der Waals surface area contributed by atoms with Crippen LogP contribution in [0.4, 0.5) is 10.5 Å². The Hall–Kier alpha value is -3.41. The molecule has 6 nitrogen and oxygen atoms in total. The average molecular weight is 361 g/mol. The van der Waals surface area contributed by atoms with Crippen molar-refractivity contribution in [3.63, 3.8) is 0 Å². The number of nitrogens with one attached hydrogen (secondary N) is 1. The largest absolute Gasteiger partial charge is 0.447 e. The maximum absolute atomic E-state index is 12.4. The van der Waals surface area contributed by atoms with E-state index in [1.807, 2.05) is 30.3 Å². The lowest BCUT2D eigenvalue weighted by Crippen LogP contribution is -2.26. The molecule has 1 aromatic heterocycles. The molecule has 2 heterocycles. The number of fused-ring (bicyclic) bond motifs is 1. The molecule has 0 atom stereocenters. The van der Waals surface area contributed by atoms with Gasteiger partial charge >= 0.3 is 6.09 Å². The molecule has 4 rings (SSSR count). The van der Waals surface area contributed by atoms with Crippen molar-refractivity contribution in [3.8, 4) is 0 Å². The maximum Gasteiger partial charge on any atom is 0.414 e. The highest BCUT2D eigenvalue weighted by molar-refractivity contribution is 5.95. The number of rotatable bonds is 5. The van der Waals surface area contributed by atoms with Crippen LogP contribution in [-0.4, -0.2) is 36.7 Å². The van der Waals surface area contributed by atoms with E-state index >= 15 is 0 Å². The molecule has 1 aliphatic rings. The number of hydrogen-bond acceptors (Lipinski definition) is 4. The lowest BCUT2D eigenvalue weighted by atomic mass is 10.1. The summed E-state index contributed by atoms with van der Waals surface area (Å²) in [4.78, 5) is 29.9. The monoisotopic (exact) mass is 361 g/mol. The van der Waals surface area contributed by atoms with Gasteiger partial charge in [-0.25, -0.2) is 4.79 Å². The Kier molecular flexibility index (Phi) is 4.70. The molecule has 0 spiro atoms. The highest BCUT2D eigenvalue weighted by Crippen LogP contribution is 2.19. The van der Waals surface area contributed by atoms with Crippen LogP contribution in [0.2, 0.25) is 0 Å². The zero-order chi connectivity index (χ0) is 18.6. The second kappa shape index (κ2) is 7.45. The summed E-state index contributed by atoms with van der Waals surface area (Å²) in [7, 11) is 0. The van der Waals surface area contributed by atoms with Gasteiger partial charge in [0.2, 0.25) is 0 Å². The Labute approximate surface area is 156 Å². The number of hydrogen-bond donors (Lipinski definition) is 1. The Balaban J connectivity index is 1.37.